The number of aryl methyl sites for hydroxylation is 3. The number of rotatable bonds is 8. The van der Waals surface area contributed by atoms with Crippen LogP contribution in [-0.4, -0.2) is 70.7 Å². The number of anilines is 3. The molecular weight excluding hydrogens is 878 g/mol. The Morgan fingerprint density at radius 2 is 1.77 bits per heavy atom. The summed E-state index contributed by atoms with van der Waals surface area (Å²) in [5.74, 6) is -0.870. The molecule has 2 radical (unpaired) electrons. The van der Waals surface area contributed by atoms with Gasteiger partial charge >= 0.3 is 273 Å². The second-order valence-electron chi connectivity index (χ2n) is 15.4. The number of piperidine rings is 2. The van der Waals surface area contributed by atoms with E-state index in [2.05, 4.69) is 51.8 Å². The first-order valence-corrected chi connectivity index (χ1v) is 20.8. The topological polar surface area (TPSA) is 107 Å². The third-order valence-electron chi connectivity index (χ3n) is 11.9. The molecule has 2 unspecified atom stereocenters. The van der Waals surface area contributed by atoms with Crippen molar-refractivity contribution < 1.29 is 38.1 Å². The first kappa shape index (κ1) is 38.1. The van der Waals surface area contributed by atoms with Gasteiger partial charge in [-0.2, -0.15) is 0 Å². The molecule has 2 atom stereocenters. The summed E-state index contributed by atoms with van der Waals surface area (Å²) >= 11 is 1.29. The van der Waals surface area contributed by atoms with E-state index >= 15 is 4.39 Å². The number of aromatic nitrogens is 1. The molecule has 3 amide bonds. The molecule has 2 N–H and O–H groups in total. The van der Waals surface area contributed by atoms with Gasteiger partial charge in [0.15, 0.2) is 0 Å². The van der Waals surface area contributed by atoms with Gasteiger partial charge in [0, 0.05) is 6.42 Å². The van der Waals surface area contributed by atoms with Gasteiger partial charge in [0.05, 0.1) is 0 Å². The summed E-state index contributed by atoms with van der Waals surface area (Å²) in [5.41, 5.74) is 9.37. The summed E-state index contributed by atoms with van der Waals surface area (Å²) in [4.78, 5) is 56.3. The summed E-state index contributed by atoms with van der Waals surface area (Å²) in [6.07, 6.45) is 4.53. The van der Waals surface area contributed by atoms with Crippen molar-refractivity contribution in [3.05, 3.63) is 105 Å². The predicted molar refractivity (Wildman–Crippen MR) is 215 cm³/mol. The van der Waals surface area contributed by atoms with E-state index in [0.717, 1.165) is 99.4 Å². The van der Waals surface area contributed by atoms with Crippen molar-refractivity contribution in [1.82, 2.24) is 20.1 Å². The Bertz CT molecular complexity index is 2400. The van der Waals surface area contributed by atoms with E-state index in [1.807, 2.05) is 43.3 Å². The SMILES string of the molecule is [B]C(F)c1cc2c(cc1/C(=C/NC1CCN(c3ccc4c(c3)CN(C3CCC(=O)NC3=O)C4=O)CC1)[C](C)=[W])CCCN2c1cccc2c1cc(C)c(=O)n2C. The van der Waals surface area contributed by atoms with Crippen molar-refractivity contribution in [3.8, 4) is 0 Å². The average molecular weight is 923 g/mol. The molecule has 56 heavy (non-hydrogen) atoms. The molecule has 4 aliphatic heterocycles. The van der Waals surface area contributed by atoms with E-state index in [4.69, 9.17) is 7.85 Å². The third-order valence-corrected chi connectivity index (χ3v) is 12.7. The zero-order valence-electron chi connectivity index (χ0n) is 31.9. The van der Waals surface area contributed by atoms with E-state index in [1.165, 1.54) is 19.4 Å². The number of carbonyl (C=O) groups is 3. The number of hydrogen-bond donors (Lipinski definition) is 2. The molecule has 5 heterocycles. The Morgan fingerprint density at radius 1 is 0.982 bits per heavy atom. The monoisotopic (exact) mass is 922 g/mol. The second-order valence-corrected chi connectivity index (χ2v) is 17.6. The van der Waals surface area contributed by atoms with Crippen LogP contribution in [0.5, 0.6) is 0 Å². The first-order valence-electron chi connectivity index (χ1n) is 19.3. The number of hydrogen-bond acceptors (Lipinski definition) is 7. The van der Waals surface area contributed by atoms with Crippen molar-refractivity contribution >= 4 is 63.0 Å². The quantitative estimate of drug-likeness (QED) is 0.186. The fourth-order valence-electron chi connectivity index (χ4n) is 8.86. The molecule has 13 heteroatoms. The van der Waals surface area contributed by atoms with Crippen LogP contribution in [0.1, 0.15) is 83.3 Å². The van der Waals surface area contributed by atoms with Crippen LogP contribution in [0.25, 0.3) is 16.5 Å². The zero-order valence-corrected chi connectivity index (χ0v) is 34.8. The van der Waals surface area contributed by atoms with Crippen molar-refractivity contribution in [2.45, 2.75) is 77.1 Å². The van der Waals surface area contributed by atoms with Crippen LogP contribution in [-0.2, 0) is 49.0 Å². The molecule has 0 spiro atoms. The summed E-state index contributed by atoms with van der Waals surface area (Å²) in [7, 11) is 7.89. The number of nitrogens with one attached hydrogen (secondary N) is 2. The first-order chi connectivity index (χ1) is 26.9. The molecular formula is C43H44BFN6O4W. The van der Waals surface area contributed by atoms with Gasteiger partial charge in [-0.1, -0.05) is 0 Å². The Balaban J connectivity index is 0.993. The number of carbonyl (C=O) groups excluding carboxylic acids is 3. The molecule has 4 aromatic rings. The fourth-order valence-corrected chi connectivity index (χ4v) is 9.47. The van der Waals surface area contributed by atoms with E-state index in [-0.39, 0.29) is 29.8 Å². The van der Waals surface area contributed by atoms with Gasteiger partial charge < -0.3 is 4.90 Å². The molecule has 2 saturated heterocycles. The van der Waals surface area contributed by atoms with Gasteiger partial charge in [-0.05, 0) is 6.42 Å². The Morgan fingerprint density at radius 3 is 2.50 bits per heavy atom. The molecule has 3 aromatic carbocycles. The van der Waals surface area contributed by atoms with Gasteiger partial charge in [0.25, 0.3) is 5.91 Å². The molecule has 0 saturated carbocycles. The predicted octanol–water partition coefficient (Wildman–Crippen LogP) is 5.17. The zero-order chi connectivity index (χ0) is 39.4. The van der Waals surface area contributed by atoms with Gasteiger partial charge in [-0.15, -0.1) is 0 Å². The number of fused-ring (bicyclic) bond motifs is 3. The number of amides is 3. The van der Waals surface area contributed by atoms with Crippen molar-refractivity contribution in [1.29, 1.82) is 0 Å². The van der Waals surface area contributed by atoms with Crippen LogP contribution >= 0.6 is 0 Å². The summed E-state index contributed by atoms with van der Waals surface area (Å²) in [6, 6.07) is 17.5. The van der Waals surface area contributed by atoms with Crippen LogP contribution in [0.2, 0.25) is 0 Å². The number of allylic oxidation sites excluding steroid dienone is 1. The van der Waals surface area contributed by atoms with Crippen molar-refractivity contribution in [2.75, 3.05) is 29.4 Å². The van der Waals surface area contributed by atoms with Gasteiger partial charge in [-0.25, -0.2) is 0 Å². The number of nitrogens with zero attached hydrogens (tertiary/aromatic N) is 4. The molecule has 1 aromatic heterocycles. The standard InChI is InChI=1S/C43H44BFN6O4.W/c1-4-26(23-46-29-14-17-49(18-15-29)30-10-11-31-28(20-30)24-51(43(31)55)37-12-13-39(52)47-41(37)53)32-21-27-7-6-16-50(38(27)22-33(32)40(44)45)36-9-5-8-35-34(36)19-25(2)42(54)48(35)3;/h5,8-11,19-23,29,37,40,46H,6-7,12-18,24H2,1-3H3,(H,47,52,53);/b26-23+;. The minimum absolute atomic E-state index is 0.0183. The van der Waals surface area contributed by atoms with Gasteiger partial charge in [0.2, 0.25) is 11.8 Å². The number of alkyl halides is 1. The number of halogens is 1. The summed E-state index contributed by atoms with van der Waals surface area (Å²) in [5, 5.41) is 7.02. The Kier molecular flexibility index (Phi) is 10.4. The third kappa shape index (κ3) is 6.95. The number of imide groups is 1. The van der Waals surface area contributed by atoms with Crippen LogP contribution in [0.3, 0.4) is 0 Å². The normalized spacial score (nSPS) is 19.6. The molecule has 0 bridgehead atoms. The fraction of sp³-hybridized carbons (Fsp3) is 0.372. The number of benzene rings is 3. The van der Waals surface area contributed by atoms with Crippen molar-refractivity contribution in [2.24, 2.45) is 7.05 Å². The molecule has 4 aliphatic rings. The Hall–Kier alpha value is -4.83. The van der Waals surface area contributed by atoms with Crippen LogP contribution < -0.4 is 26.0 Å². The van der Waals surface area contributed by atoms with Gasteiger partial charge in [0.1, 0.15) is 6.04 Å². The second kappa shape index (κ2) is 15.3. The van der Waals surface area contributed by atoms with Crippen LogP contribution in [0.15, 0.2) is 65.6 Å². The average Bonchev–Trinajstić information content (AvgIpc) is 3.51. The minimum atomic E-state index is -1.67. The molecule has 0 aliphatic carbocycles. The van der Waals surface area contributed by atoms with Crippen LogP contribution in [0.4, 0.5) is 21.5 Å². The summed E-state index contributed by atoms with van der Waals surface area (Å²) in [6.45, 7) is 6.68. The Labute approximate surface area is 337 Å². The maximum atomic E-state index is 15.5. The van der Waals surface area contributed by atoms with E-state index in [0.29, 0.717) is 29.7 Å². The van der Waals surface area contributed by atoms with Gasteiger partial charge in [-0.3, -0.25) is 24.5 Å². The van der Waals surface area contributed by atoms with E-state index in [1.54, 1.807) is 16.5 Å². The van der Waals surface area contributed by atoms with E-state index in [9.17, 15) is 19.2 Å². The maximum absolute atomic E-state index is 15.5. The molecule has 2 fully saturated rings. The van der Waals surface area contributed by atoms with Crippen molar-refractivity contribution in [3.63, 3.8) is 0 Å². The molecule has 10 nitrogen and oxygen atoms in total. The van der Waals surface area contributed by atoms with E-state index < -0.39 is 18.0 Å². The summed E-state index contributed by atoms with van der Waals surface area (Å²) < 4.78 is 18.3. The molecule has 8 rings (SSSR count). The number of pyridine rings is 1. The van der Waals surface area contributed by atoms with Crippen LogP contribution in [0, 0.1) is 6.92 Å². The molecule has 286 valence electrons.